The van der Waals surface area contributed by atoms with E-state index in [2.05, 4.69) is 5.32 Å². The fraction of sp³-hybridized carbons (Fsp3) is 0.833. The molecule has 14 nitrogen and oxygen atoms in total. The molecule has 1 unspecified atom stereocenters. The molecule has 1 aliphatic heterocycles. The Balaban J connectivity index is 0.00000364. The van der Waals surface area contributed by atoms with Crippen molar-refractivity contribution in [2.45, 2.75) is 147 Å². The number of nitrogens with one attached hydrogen (secondary N) is 1. The van der Waals surface area contributed by atoms with E-state index in [1.54, 1.807) is 20.8 Å². The monoisotopic (exact) mass is 1160 g/mol. The van der Waals surface area contributed by atoms with E-state index < -0.39 is 101 Å². The Labute approximate surface area is 377 Å². The van der Waals surface area contributed by atoms with Gasteiger partial charge in [-0.1, -0.05) is 47.0 Å². The number of aliphatic hydroxyl groups excluding tert-OH is 3. The zero-order chi connectivity index (χ0) is 37.1. The summed E-state index contributed by atoms with van der Waals surface area (Å²) in [5, 5.41) is 62.3. The second kappa shape index (κ2) is 17.4. The number of aliphatic hydroxyl groups is 5. The van der Waals surface area contributed by atoms with Crippen molar-refractivity contribution in [2.75, 3.05) is 13.2 Å². The predicted molar refractivity (Wildman–Crippen MR) is 175 cm³/mol. The number of fused-ring (bicyclic) bond motifs is 5. The average Bonchev–Trinajstić information content (AvgIpc) is 3.04. The molecule has 6 N–H and O–H groups in total. The summed E-state index contributed by atoms with van der Waals surface area (Å²) in [7, 11) is 0. The van der Waals surface area contributed by atoms with Crippen LogP contribution in [0.2, 0.25) is 0 Å². The molecule has 1 saturated heterocycles. The Morgan fingerprint density at radius 2 is 1.63 bits per heavy atom. The second-order valence-corrected chi connectivity index (χ2v) is 16.4. The normalized spacial score (nSPS) is 38.0. The minimum absolute atomic E-state index is 0. The molecule has 2 bridgehead atoms. The second-order valence-electron chi connectivity index (χ2n) is 16.4. The molecule has 4 fully saturated rings. The summed E-state index contributed by atoms with van der Waals surface area (Å²) in [5.74, 6) is -4.43. The molecular weight excluding hydrogens is 1110 g/mol. The van der Waals surface area contributed by atoms with Gasteiger partial charge in [0.1, 0.15) is 29.5 Å². The van der Waals surface area contributed by atoms with Gasteiger partial charge in [-0.3, -0.25) is 9.59 Å². The van der Waals surface area contributed by atoms with Gasteiger partial charge in [-0.25, -0.2) is 9.59 Å². The Morgan fingerprint density at radius 1 is 1.02 bits per heavy atom. The summed E-state index contributed by atoms with van der Waals surface area (Å²) in [6.45, 7) is 10.8. The van der Waals surface area contributed by atoms with Crippen molar-refractivity contribution in [2.24, 2.45) is 28.6 Å². The number of amides is 1. The Kier molecular flexibility index (Phi) is 15.6. The number of alkyl carbamates (subject to hydrolysis) is 1. The van der Waals surface area contributed by atoms with Crippen LogP contribution < -0.4 is 5.32 Å². The Morgan fingerprint density at radius 3 is 2.17 bits per heavy atom. The van der Waals surface area contributed by atoms with Crippen molar-refractivity contribution in [3.8, 4) is 0 Å². The largest absolute Gasteiger partial charge is 0.459 e. The third-order valence-corrected chi connectivity index (χ3v) is 12.5. The molecule has 4 aliphatic carbocycles. The maximum atomic E-state index is 14.4. The zero-order valence-corrected chi connectivity index (χ0v) is 40.8. The molecule has 0 aromatic carbocycles. The molecule has 16 heteroatoms. The number of ketones is 1. The Bertz CT molecular complexity index is 1400. The van der Waals surface area contributed by atoms with Crippen LogP contribution in [-0.2, 0) is 33.3 Å². The molecule has 0 aromatic rings. The molecular formula is C36H55Ac2NO13. The SMILES string of the molecule is CC(=O)O[C@H]1[C@@H]2[C@]3(O)CO[C@@H]3C[C@H](O)[C@@]2(C)C(=O)[C@H](O)C2=C(C)C(OC(=O)[C@H](O)[C@@H](NC(=O)OCC(C)C)C3CCCCC3)C[C@]1(O)C2(C)C.[Ac].[Ac]. The maximum absolute atomic E-state index is 14.4. The molecule has 3 saturated carbocycles. The van der Waals surface area contributed by atoms with Crippen LogP contribution in [-0.4, -0.2) is 116 Å². The van der Waals surface area contributed by atoms with Crippen molar-refractivity contribution < 1.29 is 152 Å². The number of ether oxygens (including phenoxy) is 4. The van der Waals surface area contributed by atoms with Crippen LogP contribution in [0.1, 0.15) is 93.4 Å². The number of hydrogen-bond donors (Lipinski definition) is 6. The first-order valence-electron chi connectivity index (χ1n) is 17.9. The average molecular weight is 1160 g/mol. The molecule has 0 aromatic heterocycles. The standard InChI is InChI=1S/C36H55NO13.2Ac/c1-17(2)15-47-32(44)37-25(20-11-9-8-10-12-20)27(41)31(43)50-21-14-36(46)30(49-19(4)38)28-34(7,22(39)13-23-35(28,45)16-48-23)29(42)26(40)24(18(21)3)33(36,5)6;;/h17,20-23,25-28,30,39-41,45-46H,8-16H2,1-7H3,(H,37,44);;/t21?,22-,23+,25-,26+,27+,28-,30-,34+,35-,36+;;/m0../s1. The molecule has 1 amide bonds. The molecule has 288 valence electrons. The first kappa shape index (κ1) is 46.6. The number of rotatable bonds is 8. The third-order valence-electron chi connectivity index (χ3n) is 12.5. The van der Waals surface area contributed by atoms with Gasteiger partial charge in [0.25, 0.3) is 0 Å². The van der Waals surface area contributed by atoms with Crippen molar-refractivity contribution in [1.29, 1.82) is 0 Å². The fourth-order valence-corrected chi connectivity index (χ4v) is 9.52. The number of Topliss-reactive ketones (excluding diaryl/α,β-unsaturated/α-hetero) is 1. The molecule has 1 heterocycles. The molecule has 2 radical (unpaired) electrons. The first-order chi connectivity index (χ1) is 23.2. The van der Waals surface area contributed by atoms with E-state index in [9.17, 15) is 44.7 Å². The van der Waals surface area contributed by atoms with E-state index in [1.165, 1.54) is 6.92 Å². The van der Waals surface area contributed by atoms with E-state index in [-0.39, 0.29) is 131 Å². The first-order valence-corrected chi connectivity index (χ1v) is 17.9. The third kappa shape index (κ3) is 8.03. The van der Waals surface area contributed by atoms with Crippen LogP contribution in [0.15, 0.2) is 11.1 Å². The quantitative estimate of drug-likeness (QED) is 0.116. The van der Waals surface area contributed by atoms with Gasteiger partial charge < -0.3 is 49.8 Å². The van der Waals surface area contributed by atoms with Gasteiger partial charge in [-0.05, 0) is 49.7 Å². The smallest absolute Gasteiger partial charge is 0.407 e. The van der Waals surface area contributed by atoms with Gasteiger partial charge in [-0.2, -0.15) is 0 Å². The summed E-state index contributed by atoms with van der Waals surface area (Å²) < 4.78 is 22.6. The van der Waals surface area contributed by atoms with Crippen LogP contribution in [0.5, 0.6) is 0 Å². The maximum Gasteiger partial charge on any atom is 0.407 e. The van der Waals surface area contributed by atoms with Crippen LogP contribution in [0, 0.1) is 117 Å². The van der Waals surface area contributed by atoms with Gasteiger partial charge in [0.15, 0.2) is 11.9 Å². The van der Waals surface area contributed by atoms with Gasteiger partial charge in [0, 0.05) is 119 Å². The molecule has 11 atom stereocenters. The number of carbonyl (C=O) groups excluding carboxylic acids is 4. The summed E-state index contributed by atoms with van der Waals surface area (Å²) in [6.07, 6.45) is -6.49. The van der Waals surface area contributed by atoms with Gasteiger partial charge in [0.2, 0.25) is 0 Å². The van der Waals surface area contributed by atoms with Crippen LogP contribution in [0.25, 0.3) is 0 Å². The molecule has 52 heavy (non-hydrogen) atoms. The van der Waals surface area contributed by atoms with Crippen LogP contribution in [0.3, 0.4) is 0 Å². The molecule has 5 aliphatic rings. The van der Waals surface area contributed by atoms with E-state index in [0.717, 1.165) is 26.2 Å². The van der Waals surface area contributed by atoms with Gasteiger partial charge in [0.05, 0.1) is 36.9 Å². The van der Waals surface area contributed by atoms with Gasteiger partial charge in [-0.15, -0.1) is 0 Å². The summed E-state index contributed by atoms with van der Waals surface area (Å²) in [6, 6.07) is -1.04. The van der Waals surface area contributed by atoms with E-state index in [0.29, 0.717) is 12.8 Å². The van der Waals surface area contributed by atoms with Crippen molar-refractivity contribution in [3.63, 3.8) is 0 Å². The minimum Gasteiger partial charge on any atom is -0.459 e. The summed E-state index contributed by atoms with van der Waals surface area (Å²) in [5.41, 5.74) is -7.20. The predicted octanol–water partition coefficient (Wildman–Crippen LogP) is 1.46. The van der Waals surface area contributed by atoms with Gasteiger partial charge >= 0.3 is 18.0 Å². The number of hydrogen-bond acceptors (Lipinski definition) is 13. The number of esters is 2. The van der Waals surface area contributed by atoms with Crippen LogP contribution in [0.4, 0.5) is 4.79 Å². The zero-order valence-electron chi connectivity index (χ0n) is 31.3. The molecule has 0 spiro atoms. The van der Waals surface area contributed by atoms with Crippen molar-refractivity contribution in [1.82, 2.24) is 5.32 Å². The van der Waals surface area contributed by atoms with Crippen molar-refractivity contribution in [3.05, 3.63) is 11.1 Å². The Hall–Kier alpha value is 0.263. The molecule has 5 rings (SSSR count). The minimum atomic E-state index is -2.20. The number of carbonyl (C=O) groups is 4. The van der Waals surface area contributed by atoms with E-state index >= 15 is 0 Å². The summed E-state index contributed by atoms with van der Waals surface area (Å²) in [4.78, 5) is 53.7. The van der Waals surface area contributed by atoms with E-state index in [4.69, 9.17) is 18.9 Å². The van der Waals surface area contributed by atoms with E-state index in [1.807, 2.05) is 13.8 Å². The fourth-order valence-electron chi connectivity index (χ4n) is 9.52. The van der Waals surface area contributed by atoms with Crippen LogP contribution >= 0.6 is 0 Å². The van der Waals surface area contributed by atoms with Crippen molar-refractivity contribution >= 4 is 23.8 Å². The summed E-state index contributed by atoms with van der Waals surface area (Å²) >= 11 is 0. The topological polar surface area (TPSA) is 218 Å².